The van der Waals surface area contributed by atoms with Gasteiger partial charge >= 0.3 is 0 Å². The molecule has 0 saturated heterocycles. The number of fused-ring (bicyclic) bond motifs is 2. The number of aryl methyl sites for hydroxylation is 2. The van der Waals surface area contributed by atoms with Crippen molar-refractivity contribution in [3.8, 4) is 0 Å². The first-order chi connectivity index (χ1) is 10.2. The lowest BCUT2D eigenvalue weighted by Crippen LogP contribution is -3.00. The molecule has 0 spiro atoms. The van der Waals surface area contributed by atoms with Crippen molar-refractivity contribution in [2.45, 2.75) is 19.9 Å². The molecular formula is C19H23IN2. The molecule has 3 aromatic rings. The Morgan fingerprint density at radius 2 is 1.36 bits per heavy atom. The van der Waals surface area contributed by atoms with Crippen LogP contribution in [0.15, 0.2) is 48.5 Å². The lowest BCUT2D eigenvalue weighted by molar-refractivity contribution is -0.645. The van der Waals surface area contributed by atoms with Gasteiger partial charge < -0.3 is 28.9 Å². The fourth-order valence-corrected chi connectivity index (χ4v) is 3.11. The number of pyridine rings is 1. The van der Waals surface area contributed by atoms with Crippen molar-refractivity contribution < 1.29 is 28.5 Å². The molecule has 2 aromatic carbocycles. The van der Waals surface area contributed by atoms with E-state index in [0.29, 0.717) is 0 Å². The second kappa shape index (κ2) is 7.38. The van der Waals surface area contributed by atoms with Crippen LogP contribution in [0.25, 0.3) is 21.8 Å². The Kier molecular flexibility index (Phi) is 5.75. The van der Waals surface area contributed by atoms with Gasteiger partial charge in [-0.15, -0.1) is 0 Å². The Balaban J connectivity index is 0.00000176. The second-order valence-electron chi connectivity index (χ2n) is 5.97. The molecule has 0 amide bonds. The summed E-state index contributed by atoms with van der Waals surface area (Å²) in [6, 6.07) is 17.5. The van der Waals surface area contributed by atoms with Crippen LogP contribution >= 0.6 is 0 Å². The van der Waals surface area contributed by atoms with Crippen LogP contribution in [-0.4, -0.2) is 25.5 Å². The molecule has 22 heavy (non-hydrogen) atoms. The molecule has 116 valence electrons. The number of nitrogens with zero attached hydrogens (tertiary/aromatic N) is 2. The van der Waals surface area contributed by atoms with Gasteiger partial charge in [0.05, 0.1) is 0 Å². The van der Waals surface area contributed by atoms with Crippen LogP contribution in [0.5, 0.6) is 0 Å². The fourth-order valence-electron chi connectivity index (χ4n) is 3.11. The number of halogens is 1. The summed E-state index contributed by atoms with van der Waals surface area (Å²) in [4.78, 5) is 2.25. The molecule has 0 saturated carbocycles. The maximum atomic E-state index is 2.47. The summed E-state index contributed by atoms with van der Waals surface area (Å²) < 4.78 is 2.47. The SMILES string of the molecule is Cc1c2ccccc2[n+](CCCN(C)C)c2ccccc12.[I-]. The topological polar surface area (TPSA) is 7.12 Å². The molecule has 0 radical (unpaired) electrons. The van der Waals surface area contributed by atoms with Crippen LogP contribution in [-0.2, 0) is 6.54 Å². The standard InChI is InChI=1S/C19H23N2.HI/c1-15-16-9-4-6-11-18(16)21(14-8-13-20(2)3)19-12-7-5-10-17(15)19;/h4-7,9-12H,8,13-14H2,1-3H3;1H/q+1;/p-1. The molecule has 0 N–H and O–H groups in total. The number of benzene rings is 2. The van der Waals surface area contributed by atoms with E-state index in [1.54, 1.807) is 0 Å². The molecule has 0 fully saturated rings. The van der Waals surface area contributed by atoms with Crippen molar-refractivity contribution in [3.63, 3.8) is 0 Å². The smallest absolute Gasteiger partial charge is 0.213 e. The average molecular weight is 406 g/mol. The Morgan fingerprint density at radius 3 is 1.86 bits per heavy atom. The van der Waals surface area contributed by atoms with Crippen LogP contribution in [0.1, 0.15) is 12.0 Å². The van der Waals surface area contributed by atoms with E-state index < -0.39 is 0 Å². The zero-order chi connectivity index (χ0) is 14.8. The highest BCUT2D eigenvalue weighted by Gasteiger charge is 2.17. The number of rotatable bonds is 4. The lowest BCUT2D eigenvalue weighted by atomic mass is 10.0. The third-order valence-electron chi connectivity index (χ3n) is 4.18. The van der Waals surface area contributed by atoms with Crippen molar-refractivity contribution in [2.75, 3.05) is 20.6 Å². The molecule has 0 bridgehead atoms. The summed E-state index contributed by atoms with van der Waals surface area (Å²) in [7, 11) is 4.27. The summed E-state index contributed by atoms with van der Waals surface area (Å²) in [6.45, 7) is 4.40. The molecule has 1 heterocycles. The van der Waals surface area contributed by atoms with Crippen LogP contribution in [0.2, 0.25) is 0 Å². The van der Waals surface area contributed by atoms with Gasteiger partial charge in [0.2, 0.25) is 11.0 Å². The second-order valence-corrected chi connectivity index (χ2v) is 5.97. The summed E-state index contributed by atoms with van der Waals surface area (Å²) in [5, 5.41) is 2.72. The van der Waals surface area contributed by atoms with Crippen LogP contribution in [0.4, 0.5) is 0 Å². The van der Waals surface area contributed by atoms with Crippen molar-refractivity contribution in [2.24, 2.45) is 0 Å². The Bertz CT molecular complexity index is 724. The molecule has 3 heteroatoms. The van der Waals surface area contributed by atoms with E-state index in [9.17, 15) is 0 Å². The predicted octanol–water partition coefficient (Wildman–Crippen LogP) is 0.545. The monoisotopic (exact) mass is 406 g/mol. The third kappa shape index (κ3) is 3.25. The zero-order valence-corrected chi connectivity index (χ0v) is 15.7. The van der Waals surface area contributed by atoms with E-state index in [1.807, 2.05) is 0 Å². The third-order valence-corrected chi connectivity index (χ3v) is 4.18. The lowest BCUT2D eigenvalue weighted by Gasteiger charge is -2.11. The zero-order valence-electron chi connectivity index (χ0n) is 13.5. The fraction of sp³-hybridized carbons (Fsp3) is 0.316. The van der Waals surface area contributed by atoms with Gasteiger partial charge in [0.25, 0.3) is 0 Å². The molecule has 0 aliphatic rings. The number of hydrogen-bond acceptors (Lipinski definition) is 1. The van der Waals surface area contributed by atoms with Gasteiger partial charge in [0.1, 0.15) is 0 Å². The minimum absolute atomic E-state index is 0. The maximum Gasteiger partial charge on any atom is 0.213 e. The highest BCUT2D eigenvalue weighted by Crippen LogP contribution is 2.23. The number of aromatic nitrogens is 1. The number of para-hydroxylation sites is 2. The van der Waals surface area contributed by atoms with Gasteiger partial charge in [-0.3, -0.25) is 0 Å². The van der Waals surface area contributed by atoms with E-state index in [2.05, 4.69) is 79.0 Å². The predicted molar refractivity (Wildman–Crippen MR) is 89.6 cm³/mol. The summed E-state index contributed by atoms with van der Waals surface area (Å²) in [6.07, 6.45) is 1.16. The first-order valence-corrected chi connectivity index (χ1v) is 7.63. The van der Waals surface area contributed by atoms with Crippen molar-refractivity contribution in [1.82, 2.24) is 4.90 Å². The van der Waals surface area contributed by atoms with E-state index in [4.69, 9.17) is 0 Å². The molecular weight excluding hydrogens is 383 g/mol. The van der Waals surface area contributed by atoms with Crippen LogP contribution in [0, 0.1) is 6.92 Å². The van der Waals surface area contributed by atoms with Crippen molar-refractivity contribution in [3.05, 3.63) is 54.1 Å². The maximum absolute atomic E-state index is 2.47. The Hall–Kier alpha value is -1.20. The molecule has 0 unspecified atom stereocenters. The minimum atomic E-state index is 0. The van der Waals surface area contributed by atoms with Gasteiger partial charge in [0.15, 0.2) is 6.54 Å². The Morgan fingerprint density at radius 1 is 0.864 bits per heavy atom. The van der Waals surface area contributed by atoms with Gasteiger partial charge in [0, 0.05) is 35.9 Å². The van der Waals surface area contributed by atoms with Crippen molar-refractivity contribution >= 4 is 21.8 Å². The van der Waals surface area contributed by atoms with Crippen LogP contribution < -0.4 is 28.5 Å². The first-order valence-electron chi connectivity index (χ1n) is 7.63. The normalized spacial score (nSPS) is 11.1. The van der Waals surface area contributed by atoms with E-state index in [-0.39, 0.29) is 24.0 Å². The van der Waals surface area contributed by atoms with Crippen molar-refractivity contribution in [1.29, 1.82) is 0 Å². The van der Waals surface area contributed by atoms with E-state index >= 15 is 0 Å². The average Bonchev–Trinajstić information content (AvgIpc) is 2.50. The van der Waals surface area contributed by atoms with Gasteiger partial charge in [-0.25, -0.2) is 0 Å². The van der Waals surface area contributed by atoms with Crippen LogP contribution in [0.3, 0.4) is 0 Å². The largest absolute Gasteiger partial charge is 1.00 e. The molecule has 3 rings (SSSR count). The molecule has 0 atom stereocenters. The molecule has 2 nitrogen and oxygen atoms in total. The van der Waals surface area contributed by atoms with Gasteiger partial charge in [-0.05, 0) is 38.7 Å². The molecule has 0 aliphatic carbocycles. The first kappa shape index (κ1) is 17.2. The molecule has 1 aromatic heterocycles. The van der Waals surface area contributed by atoms with E-state index in [0.717, 1.165) is 19.5 Å². The molecule has 0 aliphatic heterocycles. The number of hydrogen-bond donors (Lipinski definition) is 0. The highest BCUT2D eigenvalue weighted by molar-refractivity contribution is 5.93. The summed E-state index contributed by atoms with van der Waals surface area (Å²) in [5.41, 5.74) is 4.06. The minimum Gasteiger partial charge on any atom is -1.00 e. The summed E-state index contributed by atoms with van der Waals surface area (Å²) in [5.74, 6) is 0. The van der Waals surface area contributed by atoms with Gasteiger partial charge in [-0.2, -0.15) is 4.57 Å². The quantitative estimate of drug-likeness (QED) is 0.349. The van der Waals surface area contributed by atoms with E-state index in [1.165, 1.54) is 27.4 Å². The summed E-state index contributed by atoms with van der Waals surface area (Å²) >= 11 is 0. The Labute approximate surface area is 149 Å². The van der Waals surface area contributed by atoms with Gasteiger partial charge in [-0.1, -0.05) is 24.3 Å². The highest BCUT2D eigenvalue weighted by atomic mass is 127.